The molecule has 2 unspecified atom stereocenters. The Morgan fingerprint density at radius 1 is 1.14 bits per heavy atom. The number of halogens is 2. The first kappa shape index (κ1) is 33.4. The highest BCUT2D eigenvalue weighted by atomic mass is 31.0. The van der Waals surface area contributed by atoms with Crippen molar-refractivity contribution in [2.24, 2.45) is 5.92 Å². The first-order valence-electron chi connectivity index (χ1n) is 12.2. The number of carbonyl (C=O) groups excluding carboxylic acids is 1. The smallest absolute Gasteiger partial charge is 0.227 e. The summed E-state index contributed by atoms with van der Waals surface area (Å²) in [6, 6.07) is 6.06. The third kappa shape index (κ3) is 12.9. The van der Waals surface area contributed by atoms with Gasteiger partial charge in [-0.3, -0.25) is 0 Å². The fourth-order valence-electron chi connectivity index (χ4n) is 2.38. The Kier molecular flexibility index (Phi) is 15.7. The van der Waals surface area contributed by atoms with Crippen molar-refractivity contribution < 1.29 is 27.5 Å². The van der Waals surface area contributed by atoms with Crippen LogP contribution in [0.2, 0.25) is 0 Å². The van der Waals surface area contributed by atoms with Crippen molar-refractivity contribution >= 4 is 26.1 Å². The maximum absolute atomic E-state index is 14.3. The quantitative estimate of drug-likeness (QED) is 0.277. The maximum atomic E-state index is 14.3. The second-order valence-electron chi connectivity index (χ2n) is 8.14. The van der Waals surface area contributed by atoms with Gasteiger partial charge in [0.1, 0.15) is 16.7 Å². The number of aromatic nitrogens is 2. The van der Waals surface area contributed by atoms with Gasteiger partial charge >= 0.3 is 0 Å². The van der Waals surface area contributed by atoms with E-state index in [9.17, 15) is 13.6 Å². The number of Topliss-reactive ketones (excluding diaryl/α,β-unsaturated/α-hetero) is 1. The van der Waals surface area contributed by atoms with E-state index in [0.717, 1.165) is 0 Å². The predicted octanol–water partition coefficient (Wildman–Crippen LogP) is 8.04. The van der Waals surface area contributed by atoms with Gasteiger partial charge < -0.3 is 18.7 Å². The monoisotopic (exact) mass is 526 g/mol. The number of hydrogen-bond acceptors (Lipinski definition) is 6. The molecular formula is C27H41F2N2O4P. The summed E-state index contributed by atoms with van der Waals surface area (Å²) in [6.45, 7) is 17.2. The van der Waals surface area contributed by atoms with Gasteiger partial charge in [0.25, 0.3) is 0 Å². The summed E-state index contributed by atoms with van der Waals surface area (Å²) in [5.74, 6) is 0.752. The molecule has 0 bridgehead atoms. The molecule has 0 aliphatic rings. The van der Waals surface area contributed by atoms with Crippen molar-refractivity contribution in [3.8, 4) is 23.1 Å². The lowest BCUT2D eigenvalue weighted by molar-refractivity contribution is -0.115. The van der Waals surface area contributed by atoms with Gasteiger partial charge in [-0.2, -0.15) is 0 Å². The minimum absolute atomic E-state index is 0.0557. The molecular weight excluding hydrogens is 485 g/mol. The third-order valence-corrected chi connectivity index (χ3v) is 4.13. The van der Waals surface area contributed by atoms with Crippen LogP contribution in [0.25, 0.3) is 22.6 Å². The number of nitrogens with zero attached hydrogens (tertiary/aromatic N) is 2. The van der Waals surface area contributed by atoms with E-state index in [1.54, 1.807) is 18.3 Å². The molecule has 3 rings (SSSR count). The molecule has 202 valence electrons. The highest BCUT2D eigenvalue weighted by Crippen LogP contribution is 2.30. The Morgan fingerprint density at radius 3 is 2.28 bits per heavy atom. The predicted molar refractivity (Wildman–Crippen MR) is 146 cm³/mol. The zero-order valence-electron chi connectivity index (χ0n) is 22.9. The lowest BCUT2D eigenvalue weighted by Crippen LogP contribution is -2.13. The fourth-order valence-corrected chi connectivity index (χ4v) is 2.50. The number of carbonyl (C=O) groups is 1. The van der Waals surface area contributed by atoms with Crippen molar-refractivity contribution in [3.63, 3.8) is 0 Å². The molecule has 0 N–H and O–H groups in total. The van der Waals surface area contributed by atoms with Crippen molar-refractivity contribution in [1.82, 2.24) is 9.97 Å². The number of fused-ring (bicyclic) bond motifs is 1. The molecule has 0 spiro atoms. The minimum Gasteiger partial charge on any atom is -0.490 e. The second-order valence-corrected chi connectivity index (χ2v) is 9.35. The minimum atomic E-state index is -1.44. The summed E-state index contributed by atoms with van der Waals surface area (Å²) < 4.78 is 44.4. The van der Waals surface area contributed by atoms with Crippen LogP contribution in [0.4, 0.5) is 8.78 Å². The highest BCUT2D eigenvalue weighted by molar-refractivity contribution is 7.18. The standard InChI is InChI=1S/C20H23F2N2O3P.C3H6O.2C2H6/c1-12(2)11-26-18-9-17-15(10-23-18)24-19(27-17)13-4-5-16(14(21)8-13)25-7-6-20(3,22)28;1-3(2)4;2*1-2/h4-5,8-10,12H,6-7,11,28H2,1-3H3;1-2H3;2*1-2H3. The average molecular weight is 527 g/mol. The molecule has 36 heavy (non-hydrogen) atoms. The van der Waals surface area contributed by atoms with Gasteiger partial charge in [-0.1, -0.05) is 50.8 Å². The van der Waals surface area contributed by atoms with Crippen LogP contribution in [0.1, 0.15) is 68.7 Å². The zero-order chi connectivity index (χ0) is 27.9. The summed E-state index contributed by atoms with van der Waals surface area (Å²) in [6.07, 6.45) is 1.70. The summed E-state index contributed by atoms with van der Waals surface area (Å²) >= 11 is 0. The van der Waals surface area contributed by atoms with E-state index >= 15 is 0 Å². The van der Waals surface area contributed by atoms with Crippen LogP contribution < -0.4 is 9.47 Å². The summed E-state index contributed by atoms with van der Waals surface area (Å²) in [7, 11) is 2.09. The van der Waals surface area contributed by atoms with Crippen molar-refractivity contribution in [2.75, 3.05) is 13.2 Å². The Bertz CT molecular complexity index is 1050. The van der Waals surface area contributed by atoms with Crippen LogP contribution >= 0.6 is 9.24 Å². The Morgan fingerprint density at radius 2 is 1.75 bits per heavy atom. The van der Waals surface area contributed by atoms with Crippen LogP contribution in [0.15, 0.2) is 34.9 Å². The number of ether oxygens (including phenoxy) is 2. The van der Waals surface area contributed by atoms with E-state index in [2.05, 4.69) is 19.2 Å². The molecule has 0 aliphatic heterocycles. The normalized spacial score (nSPS) is 11.7. The van der Waals surface area contributed by atoms with Gasteiger partial charge in [0.05, 0.1) is 19.4 Å². The maximum Gasteiger partial charge on any atom is 0.227 e. The van der Waals surface area contributed by atoms with Crippen LogP contribution in [-0.4, -0.2) is 34.4 Å². The van der Waals surface area contributed by atoms with Gasteiger partial charge in [0.15, 0.2) is 17.1 Å². The second kappa shape index (κ2) is 17.0. The molecule has 2 heterocycles. The fraction of sp³-hybridized carbons (Fsp3) is 0.519. The molecule has 9 heteroatoms. The largest absolute Gasteiger partial charge is 0.490 e. The van der Waals surface area contributed by atoms with E-state index in [4.69, 9.17) is 13.9 Å². The molecule has 6 nitrogen and oxygen atoms in total. The molecule has 3 aromatic rings. The molecule has 1 aromatic carbocycles. The first-order valence-corrected chi connectivity index (χ1v) is 12.8. The Hall–Kier alpha value is -2.60. The number of hydrogen-bond donors (Lipinski definition) is 0. The highest BCUT2D eigenvalue weighted by Gasteiger charge is 2.17. The van der Waals surface area contributed by atoms with E-state index in [1.165, 1.54) is 32.9 Å². The van der Waals surface area contributed by atoms with Crippen molar-refractivity contribution in [2.45, 2.75) is 74.1 Å². The molecule has 2 aromatic heterocycles. The Labute approximate surface area is 216 Å². The molecule has 2 atom stereocenters. The summed E-state index contributed by atoms with van der Waals surface area (Å²) in [5, 5.41) is -1.44. The average Bonchev–Trinajstić information content (AvgIpc) is 3.24. The SMILES string of the molecule is CC.CC.CC(C)=O.CC(C)COc1cc2oc(-c3ccc(OCCC(C)(F)P)c(F)c3)nc2cn1. The lowest BCUT2D eigenvalue weighted by Gasteiger charge is -2.14. The molecule has 0 aliphatic carbocycles. The zero-order valence-corrected chi connectivity index (χ0v) is 24.1. The lowest BCUT2D eigenvalue weighted by atomic mass is 10.2. The van der Waals surface area contributed by atoms with E-state index in [1.807, 2.05) is 41.5 Å². The number of oxazole rings is 1. The number of alkyl halides is 1. The van der Waals surface area contributed by atoms with Crippen molar-refractivity contribution in [3.05, 3.63) is 36.3 Å². The van der Waals surface area contributed by atoms with E-state index in [-0.39, 0.29) is 30.5 Å². The molecule has 0 saturated heterocycles. The van der Waals surface area contributed by atoms with E-state index in [0.29, 0.717) is 35.1 Å². The van der Waals surface area contributed by atoms with E-state index < -0.39 is 11.2 Å². The summed E-state index contributed by atoms with van der Waals surface area (Å²) in [4.78, 5) is 18.0. The van der Waals surface area contributed by atoms with Crippen LogP contribution in [0.3, 0.4) is 0 Å². The number of ketones is 1. The van der Waals surface area contributed by atoms with Gasteiger partial charge in [-0.25, -0.2) is 18.7 Å². The third-order valence-electron chi connectivity index (χ3n) is 3.84. The van der Waals surface area contributed by atoms with Gasteiger partial charge in [-0.05, 0) is 44.9 Å². The first-order chi connectivity index (χ1) is 16.9. The van der Waals surface area contributed by atoms with Gasteiger partial charge in [-0.15, -0.1) is 0 Å². The van der Waals surface area contributed by atoms with Crippen LogP contribution in [0, 0.1) is 11.7 Å². The van der Waals surface area contributed by atoms with Crippen molar-refractivity contribution in [1.29, 1.82) is 0 Å². The molecule has 0 saturated carbocycles. The number of rotatable bonds is 8. The number of pyridine rings is 1. The van der Waals surface area contributed by atoms with Gasteiger partial charge in [0.2, 0.25) is 11.8 Å². The Balaban J connectivity index is 0.00000137. The molecule has 0 radical (unpaired) electrons. The topological polar surface area (TPSA) is 74.5 Å². The summed E-state index contributed by atoms with van der Waals surface area (Å²) in [5.41, 5.74) is 1.52. The van der Waals surface area contributed by atoms with Crippen LogP contribution in [0.5, 0.6) is 11.6 Å². The molecule has 0 amide bonds. The van der Waals surface area contributed by atoms with Crippen LogP contribution in [-0.2, 0) is 4.79 Å². The molecule has 0 fully saturated rings. The number of benzene rings is 1. The van der Waals surface area contributed by atoms with Gasteiger partial charge in [0, 0.05) is 18.1 Å².